The van der Waals surface area contributed by atoms with Crippen LogP contribution in [0.15, 0.2) is 39.5 Å². The largest absolute Gasteiger partial charge is 0.544 e. The van der Waals surface area contributed by atoms with Crippen molar-refractivity contribution in [2.24, 2.45) is 0 Å². The van der Waals surface area contributed by atoms with Crippen LogP contribution >= 0.6 is 0 Å². The average molecular weight is 487 g/mol. The van der Waals surface area contributed by atoms with Crippen molar-refractivity contribution in [1.29, 1.82) is 0 Å². The van der Waals surface area contributed by atoms with Gasteiger partial charge < -0.3 is 23.1 Å². The number of methoxy groups -OCH3 is 1. The summed E-state index contributed by atoms with van der Waals surface area (Å²) < 4.78 is 23.6. The fourth-order valence-corrected chi connectivity index (χ4v) is 5.14. The molecule has 3 rings (SSSR count). The predicted molar refractivity (Wildman–Crippen MR) is 134 cm³/mol. The fraction of sp³-hybridized carbons (Fsp3) is 0.333. The minimum atomic E-state index is -2.14. The zero-order chi connectivity index (χ0) is 24.7. The monoisotopic (exact) mass is 486 g/mol. The van der Waals surface area contributed by atoms with Gasteiger partial charge in [-0.2, -0.15) is 0 Å². The molecule has 0 aliphatic rings. The first-order chi connectivity index (χ1) is 15.2. The van der Waals surface area contributed by atoms with Crippen LogP contribution < -0.4 is 19.0 Å². The molecule has 0 unspecified atom stereocenters. The van der Waals surface area contributed by atoms with E-state index in [9.17, 15) is 14.7 Å². The van der Waals surface area contributed by atoms with Crippen molar-refractivity contribution >= 4 is 33.6 Å². The third kappa shape index (κ3) is 5.31. The van der Waals surface area contributed by atoms with E-state index in [0.717, 1.165) is 0 Å². The van der Waals surface area contributed by atoms with Crippen molar-refractivity contribution in [3.05, 3.63) is 51.9 Å². The van der Waals surface area contributed by atoms with Crippen LogP contribution in [0.1, 0.15) is 16.1 Å². The zero-order valence-corrected chi connectivity index (χ0v) is 22.3. The highest BCUT2D eigenvalue weighted by molar-refractivity contribution is 6.71. The fourth-order valence-electron chi connectivity index (χ4n) is 3.45. The molecule has 0 saturated carbocycles. The lowest BCUT2D eigenvalue weighted by molar-refractivity contribution is 0.0664. The summed E-state index contributed by atoms with van der Waals surface area (Å²) in [5, 5.41) is 10.1. The van der Waals surface area contributed by atoms with Crippen LogP contribution in [-0.4, -0.2) is 34.8 Å². The molecule has 9 heteroatoms. The van der Waals surface area contributed by atoms with Gasteiger partial charge in [0.15, 0.2) is 0 Å². The number of benzene rings is 2. The number of hydrogen-bond donors (Lipinski definition) is 1. The molecule has 1 heterocycles. The third-order valence-corrected chi connectivity index (χ3v) is 6.40. The van der Waals surface area contributed by atoms with Crippen LogP contribution in [0.25, 0.3) is 22.1 Å². The second-order valence-corrected chi connectivity index (χ2v) is 18.7. The Labute approximate surface area is 195 Å². The third-order valence-electron chi connectivity index (χ3n) is 4.74. The molecule has 0 atom stereocenters. The Hall–Kier alpha value is -3.05. The first kappa shape index (κ1) is 24.6. The molecule has 0 amide bonds. The maximum Gasteiger partial charge on any atom is 0.372 e. The molecule has 0 radical (unpaired) electrons. The quantitative estimate of drug-likeness (QED) is 0.415. The minimum absolute atomic E-state index is 0.0312. The number of hydrogen-bond acceptors (Lipinski definition) is 6. The molecule has 7 nitrogen and oxygen atoms in total. The molecule has 1 aromatic heterocycles. The number of ether oxygens (including phenoxy) is 1. The maximum atomic E-state index is 13.8. The van der Waals surface area contributed by atoms with E-state index in [0.29, 0.717) is 28.4 Å². The van der Waals surface area contributed by atoms with Gasteiger partial charge in [-0.3, -0.25) is 4.79 Å². The van der Waals surface area contributed by atoms with Crippen LogP contribution in [0.5, 0.6) is 17.2 Å². The van der Waals surface area contributed by atoms with Gasteiger partial charge in [0, 0.05) is 11.6 Å². The van der Waals surface area contributed by atoms with Gasteiger partial charge >= 0.3 is 5.97 Å². The van der Waals surface area contributed by atoms with Gasteiger partial charge in [-0.05, 0) is 63.9 Å². The van der Waals surface area contributed by atoms with E-state index >= 15 is 0 Å². The Morgan fingerprint density at radius 2 is 1.48 bits per heavy atom. The molecule has 1 N–H and O–H groups in total. The highest BCUT2D eigenvalue weighted by atomic mass is 28.4. The van der Waals surface area contributed by atoms with E-state index in [1.807, 2.05) is 39.3 Å². The summed E-state index contributed by atoms with van der Waals surface area (Å²) in [5.74, 6) is -0.282. The van der Waals surface area contributed by atoms with Gasteiger partial charge in [-0.1, -0.05) is 12.1 Å². The highest BCUT2D eigenvalue weighted by Gasteiger charge is 2.29. The van der Waals surface area contributed by atoms with Crippen molar-refractivity contribution in [2.75, 3.05) is 7.11 Å². The summed E-state index contributed by atoms with van der Waals surface area (Å²) in [6.07, 6.45) is 0. The lowest BCUT2D eigenvalue weighted by Crippen LogP contribution is -2.31. The SMILES string of the molecule is COc1ccc(-c2c(C(=O)O)oc3c(C)c(O[Si](C)(C)C)cc(O[Si](C)(C)C)c3c2=O)cc1. The van der Waals surface area contributed by atoms with Crippen LogP contribution in [-0.2, 0) is 0 Å². The van der Waals surface area contributed by atoms with Gasteiger partial charge in [0.05, 0.1) is 12.7 Å². The van der Waals surface area contributed by atoms with E-state index in [2.05, 4.69) is 0 Å². The lowest BCUT2D eigenvalue weighted by Gasteiger charge is -2.25. The summed E-state index contributed by atoms with van der Waals surface area (Å²) in [5.41, 5.74) is 0.656. The lowest BCUT2D eigenvalue weighted by atomic mass is 10.00. The number of carboxylic acids is 1. The molecule has 176 valence electrons. The predicted octanol–water partition coefficient (Wildman–Crippen LogP) is 5.90. The molecule has 33 heavy (non-hydrogen) atoms. The van der Waals surface area contributed by atoms with Crippen LogP contribution in [0.3, 0.4) is 0 Å². The van der Waals surface area contributed by atoms with Crippen molar-refractivity contribution in [2.45, 2.75) is 46.2 Å². The number of rotatable bonds is 7. The van der Waals surface area contributed by atoms with Gasteiger partial charge in [-0.25, -0.2) is 4.79 Å². The Bertz CT molecular complexity index is 1260. The number of carbonyl (C=O) groups is 1. The second kappa shape index (κ2) is 8.71. The molecule has 0 saturated heterocycles. The van der Waals surface area contributed by atoms with E-state index in [1.165, 1.54) is 7.11 Å². The Morgan fingerprint density at radius 3 is 1.97 bits per heavy atom. The zero-order valence-electron chi connectivity index (χ0n) is 20.3. The molecule has 0 fully saturated rings. The topological polar surface area (TPSA) is 95.2 Å². The summed E-state index contributed by atoms with van der Waals surface area (Å²) in [4.78, 5) is 26.0. The first-order valence-electron chi connectivity index (χ1n) is 10.6. The maximum absolute atomic E-state index is 13.8. The summed E-state index contributed by atoms with van der Waals surface area (Å²) in [6, 6.07) is 8.35. The van der Waals surface area contributed by atoms with Gasteiger partial charge in [0.1, 0.15) is 28.2 Å². The van der Waals surface area contributed by atoms with Crippen molar-refractivity contribution in [3.8, 4) is 28.4 Å². The Morgan fingerprint density at radius 1 is 0.939 bits per heavy atom. The number of carboxylic acid groups (broad SMARTS) is 1. The average Bonchev–Trinajstić information content (AvgIpc) is 2.68. The normalized spacial score (nSPS) is 12.0. The Balaban J connectivity index is 2.45. The van der Waals surface area contributed by atoms with Crippen LogP contribution in [0, 0.1) is 6.92 Å². The molecule has 2 aromatic carbocycles. The van der Waals surface area contributed by atoms with Gasteiger partial charge in [0.2, 0.25) is 27.8 Å². The molecular formula is C24H30O7Si2. The van der Waals surface area contributed by atoms with E-state index in [1.54, 1.807) is 37.3 Å². The summed E-state index contributed by atoms with van der Waals surface area (Å²) in [6.45, 7) is 13.9. The number of aromatic carboxylic acids is 1. The van der Waals surface area contributed by atoms with Crippen molar-refractivity contribution in [3.63, 3.8) is 0 Å². The molecule has 0 spiro atoms. The number of fused-ring (bicyclic) bond motifs is 1. The molecule has 3 aromatic rings. The first-order valence-corrected chi connectivity index (χ1v) is 17.4. The molecule has 0 aliphatic carbocycles. The van der Waals surface area contributed by atoms with Crippen LogP contribution in [0.2, 0.25) is 39.3 Å². The minimum Gasteiger partial charge on any atom is -0.544 e. The Kier molecular flexibility index (Phi) is 6.49. The molecule has 0 aliphatic heterocycles. The molecular weight excluding hydrogens is 456 g/mol. The van der Waals surface area contributed by atoms with Crippen molar-refractivity contribution < 1.29 is 27.9 Å². The van der Waals surface area contributed by atoms with E-state index in [4.69, 9.17) is 18.0 Å². The standard InChI is InChI=1S/C24H30O7Si2/c1-14-17(30-32(3,4)5)13-18(31-33(6,7)8)20-21(25)19(23(24(26)27)29-22(14)20)15-9-11-16(28-2)12-10-15/h9-13H,1-8H3,(H,26,27). The number of aryl methyl sites for hydroxylation is 1. The smallest absolute Gasteiger partial charge is 0.372 e. The van der Waals surface area contributed by atoms with Crippen molar-refractivity contribution in [1.82, 2.24) is 0 Å². The van der Waals surface area contributed by atoms with Crippen LogP contribution in [0.4, 0.5) is 0 Å². The van der Waals surface area contributed by atoms with Gasteiger partial charge in [-0.15, -0.1) is 0 Å². The van der Waals surface area contributed by atoms with Gasteiger partial charge in [0.25, 0.3) is 0 Å². The highest BCUT2D eigenvalue weighted by Crippen LogP contribution is 2.38. The van der Waals surface area contributed by atoms with E-state index < -0.39 is 33.8 Å². The summed E-state index contributed by atoms with van der Waals surface area (Å²) in [7, 11) is -2.62. The second-order valence-electron chi connectivity index (χ2n) is 9.80. The van der Waals surface area contributed by atoms with E-state index in [-0.39, 0.29) is 16.5 Å². The molecule has 0 bridgehead atoms. The summed E-state index contributed by atoms with van der Waals surface area (Å²) >= 11 is 0.